The molecule has 1 unspecified atom stereocenters. The van der Waals surface area contributed by atoms with Crippen LogP contribution in [-0.2, 0) is 22.7 Å². The summed E-state index contributed by atoms with van der Waals surface area (Å²) in [4.78, 5) is 4.33. The van der Waals surface area contributed by atoms with E-state index >= 15 is 0 Å². The Morgan fingerprint density at radius 3 is 2.53 bits per heavy atom. The zero-order chi connectivity index (χ0) is 12.9. The average Bonchev–Trinajstić information content (AvgIpc) is 2.27. The molecule has 0 amide bonds. The van der Waals surface area contributed by atoms with Gasteiger partial charge in [0.05, 0.1) is 5.75 Å². The largest absolute Gasteiger partial charge is 0.316 e. The average molecular weight is 256 g/mol. The zero-order valence-corrected chi connectivity index (χ0v) is 11.4. The van der Waals surface area contributed by atoms with Gasteiger partial charge in [0.15, 0.2) is 0 Å². The molecule has 1 rings (SSSR count). The van der Waals surface area contributed by atoms with Crippen molar-refractivity contribution >= 4 is 9.84 Å². The number of rotatable bonds is 6. The highest BCUT2D eigenvalue weighted by molar-refractivity contribution is 7.90. The van der Waals surface area contributed by atoms with Crippen molar-refractivity contribution in [1.29, 1.82) is 0 Å². The second-order valence-electron chi connectivity index (χ2n) is 4.29. The van der Waals surface area contributed by atoms with Crippen molar-refractivity contribution in [3.63, 3.8) is 0 Å². The number of nitrogens with one attached hydrogen (secondary N) is 1. The second-order valence-corrected chi connectivity index (χ2v) is 6.48. The molecule has 0 fully saturated rings. The maximum Gasteiger partial charge on any atom is 0.148 e. The van der Waals surface area contributed by atoms with Crippen LogP contribution in [-0.4, -0.2) is 38.5 Å². The lowest BCUT2D eigenvalue weighted by molar-refractivity contribution is 0.563. The zero-order valence-electron chi connectivity index (χ0n) is 10.6. The summed E-state index contributed by atoms with van der Waals surface area (Å²) in [5, 5.41) is 3.02. The molecule has 0 radical (unpaired) electrons. The summed E-state index contributed by atoms with van der Waals surface area (Å²) in [6.45, 7) is 2.08. The van der Waals surface area contributed by atoms with Gasteiger partial charge in [-0.15, -0.1) is 0 Å². The SMILES string of the molecule is CCc1ccc(CC(CS(C)(=O)=O)NC)nc1. The van der Waals surface area contributed by atoms with Gasteiger partial charge in [-0.3, -0.25) is 4.98 Å². The summed E-state index contributed by atoms with van der Waals surface area (Å²) in [6.07, 6.45) is 4.70. The molecule has 0 saturated carbocycles. The van der Waals surface area contributed by atoms with E-state index in [2.05, 4.69) is 17.2 Å². The van der Waals surface area contributed by atoms with Crippen LogP contribution in [0.3, 0.4) is 0 Å². The molecule has 0 bridgehead atoms. The lowest BCUT2D eigenvalue weighted by atomic mass is 10.1. The topological polar surface area (TPSA) is 59.1 Å². The molecule has 0 saturated heterocycles. The standard InChI is InChI=1S/C12H20N2O2S/c1-4-10-5-6-11(14-8-10)7-12(13-2)9-17(3,15)16/h5-6,8,12-13H,4,7,9H2,1-3H3. The molecule has 0 aliphatic rings. The molecule has 1 aromatic heterocycles. The van der Waals surface area contributed by atoms with Gasteiger partial charge in [-0.25, -0.2) is 8.42 Å². The van der Waals surface area contributed by atoms with Crippen molar-refractivity contribution in [3.05, 3.63) is 29.6 Å². The van der Waals surface area contributed by atoms with Gasteiger partial charge < -0.3 is 5.32 Å². The van der Waals surface area contributed by atoms with E-state index in [9.17, 15) is 8.42 Å². The third-order valence-electron chi connectivity index (χ3n) is 2.66. The first-order valence-electron chi connectivity index (χ1n) is 5.73. The molecular weight excluding hydrogens is 236 g/mol. The van der Waals surface area contributed by atoms with Crippen molar-refractivity contribution in [2.45, 2.75) is 25.8 Å². The maximum absolute atomic E-state index is 11.2. The van der Waals surface area contributed by atoms with Crippen LogP contribution in [0.1, 0.15) is 18.2 Å². The Balaban J connectivity index is 2.67. The first-order valence-corrected chi connectivity index (χ1v) is 7.79. The van der Waals surface area contributed by atoms with Crippen molar-refractivity contribution in [1.82, 2.24) is 10.3 Å². The van der Waals surface area contributed by atoms with E-state index in [1.54, 1.807) is 7.05 Å². The Morgan fingerprint density at radius 2 is 2.12 bits per heavy atom. The normalized spacial score (nSPS) is 13.6. The van der Waals surface area contributed by atoms with Crippen LogP contribution in [0.4, 0.5) is 0 Å². The third kappa shape index (κ3) is 5.28. The van der Waals surface area contributed by atoms with Crippen molar-refractivity contribution < 1.29 is 8.42 Å². The fourth-order valence-corrected chi connectivity index (χ4v) is 2.66. The van der Waals surface area contributed by atoms with Crippen LogP contribution in [0.15, 0.2) is 18.3 Å². The molecule has 1 atom stereocenters. The molecule has 4 nitrogen and oxygen atoms in total. The van der Waals surface area contributed by atoms with Crippen LogP contribution in [0.5, 0.6) is 0 Å². The Labute approximate surface area is 103 Å². The van der Waals surface area contributed by atoms with E-state index in [0.29, 0.717) is 6.42 Å². The first-order chi connectivity index (χ1) is 7.94. The van der Waals surface area contributed by atoms with E-state index in [-0.39, 0.29) is 11.8 Å². The van der Waals surface area contributed by atoms with Crippen LogP contribution in [0, 0.1) is 0 Å². The monoisotopic (exact) mass is 256 g/mol. The van der Waals surface area contributed by atoms with Gasteiger partial charge >= 0.3 is 0 Å². The molecule has 0 spiro atoms. The highest BCUT2D eigenvalue weighted by Crippen LogP contribution is 2.05. The first kappa shape index (κ1) is 14.1. The number of aryl methyl sites for hydroxylation is 1. The summed E-state index contributed by atoms with van der Waals surface area (Å²) in [7, 11) is -1.18. The maximum atomic E-state index is 11.2. The van der Waals surface area contributed by atoms with E-state index in [1.807, 2.05) is 18.3 Å². The van der Waals surface area contributed by atoms with E-state index in [4.69, 9.17) is 0 Å². The highest BCUT2D eigenvalue weighted by Gasteiger charge is 2.14. The predicted octanol–water partition coefficient (Wildman–Crippen LogP) is 0.819. The van der Waals surface area contributed by atoms with Gasteiger partial charge in [0, 0.05) is 30.6 Å². The van der Waals surface area contributed by atoms with Crippen LogP contribution < -0.4 is 5.32 Å². The minimum Gasteiger partial charge on any atom is -0.316 e. The molecule has 0 aliphatic carbocycles. The van der Waals surface area contributed by atoms with E-state index < -0.39 is 9.84 Å². The number of sulfone groups is 1. The molecule has 17 heavy (non-hydrogen) atoms. The predicted molar refractivity (Wildman–Crippen MR) is 69.9 cm³/mol. The number of hydrogen-bond donors (Lipinski definition) is 1. The quantitative estimate of drug-likeness (QED) is 0.818. The second kappa shape index (κ2) is 6.12. The van der Waals surface area contributed by atoms with Crippen LogP contribution in [0.2, 0.25) is 0 Å². The van der Waals surface area contributed by atoms with Crippen molar-refractivity contribution in [2.24, 2.45) is 0 Å². The summed E-state index contributed by atoms with van der Waals surface area (Å²) < 4.78 is 22.5. The van der Waals surface area contributed by atoms with Gasteiger partial charge in [-0.2, -0.15) is 0 Å². The van der Waals surface area contributed by atoms with E-state index in [0.717, 1.165) is 12.1 Å². The van der Waals surface area contributed by atoms with Crippen molar-refractivity contribution in [3.8, 4) is 0 Å². The van der Waals surface area contributed by atoms with Gasteiger partial charge in [0.25, 0.3) is 0 Å². The third-order valence-corrected chi connectivity index (χ3v) is 3.67. The molecular formula is C12H20N2O2S. The molecule has 1 heterocycles. The number of likely N-dealkylation sites (N-methyl/N-ethyl adjacent to an activating group) is 1. The van der Waals surface area contributed by atoms with Gasteiger partial charge in [0.1, 0.15) is 9.84 Å². The number of nitrogens with zero attached hydrogens (tertiary/aromatic N) is 1. The molecule has 1 N–H and O–H groups in total. The summed E-state index contributed by atoms with van der Waals surface area (Å²) in [5.74, 6) is 0.140. The lowest BCUT2D eigenvalue weighted by Gasteiger charge is -2.14. The minimum atomic E-state index is -2.96. The molecule has 0 aliphatic heterocycles. The molecule has 0 aromatic carbocycles. The Hall–Kier alpha value is -0.940. The molecule has 96 valence electrons. The van der Waals surface area contributed by atoms with Crippen LogP contribution >= 0.6 is 0 Å². The lowest BCUT2D eigenvalue weighted by Crippen LogP contribution is -2.34. The molecule has 5 heteroatoms. The minimum absolute atomic E-state index is 0.0787. The smallest absolute Gasteiger partial charge is 0.148 e. The van der Waals surface area contributed by atoms with Crippen LogP contribution in [0.25, 0.3) is 0 Å². The Morgan fingerprint density at radius 1 is 1.41 bits per heavy atom. The summed E-state index contributed by atoms with van der Waals surface area (Å²) in [5.41, 5.74) is 2.11. The van der Waals surface area contributed by atoms with Gasteiger partial charge in [0.2, 0.25) is 0 Å². The summed E-state index contributed by atoms with van der Waals surface area (Å²) >= 11 is 0. The fourth-order valence-electron chi connectivity index (χ4n) is 1.65. The number of aromatic nitrogens is 1. The fraction of sp³-hybridized carbons (Fsp3) is 0.583. The molecule has 1 aromatic rings. The van der Waals surface area contributed by atoms with Gasteiger partial charge in [-0.05, 0) is 25.1 Å². The Bertz CT molecular complexity index is 440. The Kier molecular flexibility index (Phi) is 5.08. The number of pyridine rings is 1. The van der Waals surface area contributed by atoms with Crippen molar-refractivity contribution in [2.75, 3.05) is 19.1 Å². The van der Waals surface area contributed by atoms with E-state index in [1.165, 1.54) is 11.8 Å². The summed E-state index contributed by atoms with van der Waals surface area (Å²) in [6, 6.07) is 3.92. The highest BCUT2D eigenvalue weighted by atomic mass is 32.2. The number of hydrogen-bond acceptors (Lipinski definition) is 4. The van der Waals surface area contributed by atoms with Gasteiger partial charge in [-0.1, -0.05) is 13.0 Å².